The molecule has 0 spiro atoms. The molecule has 4 rings (SSSR count). The minimum Gasteiger partial charge on any atom is -0.512 e. The predicted octanol–water partition coefficient (Wildman–Crippen LogP) is 5.94. The molecule has 1 N–H and O–H groups in total. The normalized spacial score (nSPS) is 14.5. The number of allylic oxidation sites excluding steroid dienone is 2. The molecule has 0 amide bonds. The Labute approximate surface area is 159 Å². The lowest BCUT2D eigenvalue weighted by molar-refractivity contribution is -0.113. The lowest BCUT2D eigenvalue weighted by Crippen LogP contribution is -2.01. The topological polar surface area (TPSA) is 59.4 Å². The third-order valence-electron chi connectivity index (χ3n) is 4.42. The number of thiazole rings is 1. The van der Waals surface area contributed by atoms with E-state index >= 15 is 0 Å². The Morgan fingerprint density at radius 3 is 2.81 bits per heavy atom. The average Bonchev–Trinajstić information content (AvgIpc) is 3.16. The zero-order valence-corrected chi connectivity index (χ0v) is 15.7. The molecule has 2 aromatic carbocycles. The standard InChI is InChI=1S/C20H16ClNO3S/c1-2-11-3-5-13(10-14(11)19-16(23)6-7-17(19)24)25-20-22-15-9-12(21)4-8-18(15)26-20/h3-5,8-10,23H,2,6-7H2,1H3. The number of aliphatic hydroxyl groups excluding tert-OH is 1. The molecule has 132 valence electrons. The SMILES string of the molecule is CCc1ccc(Oc2nc3cc(Cl)ccc3s2)cc1C1=C(O)CCC1=O. The van der Waals surface area contributed by atoms with Crippen LogP contribution in [0.25, 0.3) is 15.8 Å². The van der Waals surface area contributed by atoms with Crippen molar-refractivity contribution in [3.8, 4) is 10.9 Å². The number of aryl methyl sites for hydroxylation is 1. The quantitative estimate of drug-likeness (QED) is 0.604. The molecule has 1 aliphatic rings. The molecule has 0 saturated carbocycles. The number of aliphatic hydroxyl groups is 1. The van der Waals surface area contributed by atoms with Gasteiger partial charge in [-0.25, -0.2) is 4.98 Å². The van der Waals surface area contributed by atoms with Gasteiger partial charge in [-0.05, 0) is 47.9 Å². The minimum atomic E-state index is -0.0241. The molecule has 0 bridgehead atoms. The Balaban J connectivity index is 1.72. The lowest BCUT2D eigenvalue weighted by atomic mass is 9.96. The van der Waals surface area contributed by atoms with E-state index in [4.69, 9.17) is 16.3 Å². The zero-order chi connectivity index (χ0) is 18.3. The van der Waals surface area contributed by atoms with Gasteiger partial charge in [-0.2, -0.15) is 0 Å². The monoisotopic (exact) mass is 385 g/mol. The van der Waals surface area contributed by atoms with Crippen LogP contribution < -0.4 is 4.74 Å². The Hall–Kier alpha value is -2.37. The van der Waals surface area contributed by atoms with Crippen molar-refractivity contribution in [3.05, 3.63) is 58.3 Å². The second kappa shape index (κ2) is 6.74. The second-order valence-corrected chi connectivity index (χ2v) is 7.54. The number of ketones is 1. The number of hydrogen-bond donors (Lipinski definition) is 1. The first-order valence-electron chi connectivity index (χ1n) is 8.37. The second-order valence-electron chi connectivity index (χ2n) is 6.11. The van der Waals surface area contributed by atoms with Crippen molar-refractivity contribution in [2.24, 2.45) is 0 Å². The maximum Gasteiger partial charge on any atom is 0.279 e. The maximum absolute atomic E-state index is 12.2. The van der Waals surface area contributed by atoms with Gasteiger partial charge in [-0.15, -0.1) is 0 Å². The van der Waals surface area contributed by atoms with E-state index in [1.54, 1.807) is 6.07 Å². The van der Waals surface area contributed by atoms with Crippen molar-refractivity contribution in [1.29, 1.82) is 0 Å². The van der Waals surface area contributed by atoms with Crippen molar-refractivity contribution in [3.63, 3.8) is 0 Å². The van der Waals surface area contributed by atoms with Crippen LogP contribution in [0.4, 0.5) is 0 Å². The molecule has 6 heteroatoms. The van der Waals surface area contributed by atoms with Crippen molar-refractivity contribution < 1.29 is 14.6 Å². The number of halogens is 1. The van der Waals surface area contributed by atoms with E-state index in [1.165, 1.54) is 11.3 Å². The number of fused-ring (bicyclic) bond motifs is 1. The van der Waals surface area contributed by atoms with E-state index in [-0.39, 0.29) is 11.5 Å². The Morgan fingerprint density at radius 1 is 1.23 bits per heavy atom. The maximum atomic E-state index is 12.2. The van der Waals surface area contributed by atoms with Crippen LogP contribution in [0.1, 0.15) is 30.9 Å². The molecule has 3 aromatic rings. The minimum absolute atomic E-state index is 0.0241. The van der Waals surface area contributed by atoms with Gasteiger partial charge in [0.15, 0.2) is 5.78 Å². The van der Waals surface area contributed by atoms with E-state index < -0.39 is 0 Å². The van der Waals surface area contributed by atoms with Crippen LogP contribution >= 0.6 is 22.9 Å². The number of aromatic nitrogens is 1. The first kappa shape index (κ1) is 17.1. The molecule has 0 radical (unpaired) electrons. The van der Waals surface area contributed by atoms with Crippen LogP contribution in [0.2, 0.25) is 5.02 Å². The van der Waals surface area contributed by atoms with E-state index in [1.807, 2.05) is 37.3 Å². The van der Waals surface area contributed by atoms with Gasteiger partial charge in [0.05, 0.1) is 15.8 Å². The van der Waals surface area contributed by atoms with E-state index in [2.05, 4.69) is 4.98 Å². The van der Waals surface area contributed by atoms with Crippen LogP contribution in [0, 0.1) is 0 Å². The summed E-state index contributed by atoms with van der Waals surface area (Å²) in [6.45, 7) is 2.02. The summed E-state index contributed by atoms with van der Waals surface area (Å²) >= 11 is 7.44. The van der Waals surface area contributed by atoms with Gasteiger partial charge in [0.1, 0.15) is 11.5 Å². The number of benzene rings is 2. The smallest absolute Gasteiger partial charge is 0.279 e. The molecule has 0 saturated heterocycles. The van der Waals surface area contributed by atoms with Crippen LogP contribution in [-0.2, 0) is 11.2 Å². The molecule has 0 aliphatic heterocycles. The largest absolute Gasteiger partial charge is 0.512 e. The van der Waals surface area contributed by atoms with Gasteiger partial charge in [-0.3, -0.25) is 4.79 Å². The number of hydrogen-bond acceptors (Lipinski definition) is 5. The van der Waals surface area contributed by atoms with Crippen LogP contribution in [0.5, 0.6) is 10.9 Å². The zero-order valence-electron chi connectivity index (χ0n) is 14.1. The van der Waals surface area contributed by atoms with Crippen LogP contribution in [0.3, 0.4) is 0 Å². The Bertz CT molecular complexity index is 1050. The van der Waals surface area contributed by atoms with Gasteiger partial charge in [0, 0.05) is 17.9 Å². The molecule has 1 heterocycles. The molecular weight excluding hydrogens is 370 g/mol. The first-order valence-corrected chi connectivity index (χ1v) is 9.57. The summed E-state index contributed by atoms with van der Waals surface area (Å²) in [5.41, 5.74) is 2.96. The summed E-state index contributed by atoms with van der Waals surface area (Å²) in [6, 6.07) is 11.1. The van der Waals surface area contributed by atoms with Gasteiger partial charge in [0.2, 0.25) is 0 Å². The number of carbonyl (C=O) groups excluding carboxylic acids is 1. The first-order chi connectivity index (χ1) is 12.5. The van der Waals surface area contributed by atoms with Gasteiger partial charge in [-0.1, -0.05) is 35.9 Å². The number of rotatable bonds is 4. The summed E-state index contributed by atoms with van der Waals surface area (Å²) < 4.78 is 6.91. The highest BCUT2D eigenvalue weighted by molar-refractivity contribution is 7.20. The van der Waals surface area contributed by atoms with Crippen molar-refractivity contribution >= 4 is 44.5 Å². The summed E-state index contributed by atoms with van der Waals surface area (Å²) in [5.74, 6) is 0.725. The fraction of sp³-hybridized carbons (Fsp3) is 0.200. The fourth-order valence-corrected chi connectivity index (χ4v) is 4.11. The molecule has 0 atom stereocenters. The fourth-order valence-electron chi connectivity index (χ4n) is 3.13. The van der Waals surface area contributed by atoms with Crippen molar-refractivity contribution in [1.82, 2.24) is 4.98 Å². The number of Topliss-reactive ketones (excluding diaryl/α,β-unsaturated/α-hetero) is 1. The lowest BCUT2D eigenvalue weighted by Gasteiger charge is -2.11. The molecular formula is C20H16ClNO3S. The molecule has 1 aliphatic carbocycles. The third-order valence-corrected chi connectivity index (χ3v) is 5.57. The number of ether oxygens (including phenoxy) is 1. The van der Waals surface area contributed by atoms with Gasteiger partial charge in [0.25, 0.3) is 5.19 Å². The average molecular weight is 386 g/mol. The highest BCUT2D eigenvalue weighted by Crippen LogP contribution is 2.37. The highest BCUT2D eigenvalue weighted by atomic mass is 35.5. The molecule has 1 aromatic heterocycles. The Morgan fingerprint density at radius 2 is 2.08 bits per heavy atom. The van der Waals surface area contributed by atoms with Crippen molar-refractivity contribution in [2.45, 2.75) is 26.2 Å². The van der Waals surface area contributed by atoms with E-state index in [0.29, 0.717) is 34.4 Å². The van der Waals surface area contributed by atoms with Gasteiger partial charge >= 0.3 is 0 Å². The highest BCUT2D eigenvalue weighted by Gasteiger charge is 2.26. The summed E-state index contributed by atoms with van der Waals surface area (Å²) in [5, 5.41) is 11.3. The molecule has 4 nitrogen and oxygen atoms in total. The van der Waals surface area contributed by atoms with Crippen LogP contribution in [-0.4, -0.2) is 15.9 Å². The molecule has 0 fully saturated rings. The van der Waals surface area contributed by atoms with Crippen LogP contribution in [0.15, 0.2) is 42.2 Å². The summed E-state index contributed by atoms with van der Waals surface area (Å²) in [6.07, 6.45) is 1.52. The Kier molecular flexibility index (Phi) is 4.42. The third kappa shape index (κ3) is 3.08. The molecule has 0 unspecified atom stereocenters. The number of carbonyl (C=O) groups is 1. The van der Waals surface area contributed by atoms with Gasteiger partial charge < -0.3 is 9.84 Å². The summed E-state index contributed by atoms with van der Waals surface area (Å²) in [7, 11) is 0. The number of nitrogens with zero attached hydrogens (tertiary/aromatic N) is 1. The van der Waals surface area contributed by atoms with E-state index in [0.717, 1.165) is 27.8 Å². The summed E-state index contributed by atoms with van der Waals surface area (Å²) in [4.78, 5) is 16.6. The predicted molar refractivity (Wildman–Crippen MR) is 104 cm³/mol. The van der Waals surface area contributed by atoms with Crippen molar-refractivity contribution in [2.75, 3.05) is 0 Å². The van der Waals surface area contributed by atoms with E-state index in [9.17, 15) is 9.90 Å². The molecule has 26 heavy (non-hydrogen) atoms.